The maximum atomic E-state index is 6.42. The van der Waals surface area contributed by atoms with Crippen molar-refractivity contribution in [3.8, 4) is 5.69 Å². The molecule has 0 amide bonds. The van der Waals surface area contributed by atoms with Crippen LogP contribution >= 0.6 is 23.4 Å². The van der Waals surface area contributed by atoms with Crippen molar-refractivity contribution in [3.63, 3.8) is 0 Å². The maximum Gasteiger partial charge on any atom is 0.0992 e. The van der Waals surface area contributed by atoms with Crippen molar-refractivity contribution < 1.29 is 0 Å². The molecule has 112 valence electrons. The quantitative estimate of drug-likeness (QED) is 0.904. The van der Waals surface area contributed by atoms with Crippen LogP contribution in [0, 0.1) is 5.41 Å². The fourth-order valence-electron chi connectivity index (χ4n) is 2.65. The lowest BCUT2D eigenvalue weighted by Gasteiger charge is -2.39. The first-order chi connectivity index (χ1) is 10.1. The predicted octanol–water partition coefficient (Wildman–Crippen LogP) is 4.47. The molecule has 3 nitrogen and oxygen atoms in total. The minimum absolute atomic E-state index is 0.291. The van der Waals surface area contributed by atoms with Crippen LogP contribution in [0.25, 0.3) is 5.69 Å². The van der Waals surface area contributed by atoms with Gasteiger partial charge in [0, 0.05) is 24.2 Å². The van der Waals surface area contributed by atoms with Crippen molar-refractivity contribution in [1.29, 1.82) is 0 Å². The van der Waals surface area contributed by atoms with Gasteiger partial charge in [0.15, 0.2) is 0 Å². The molecule has 0 radical (unpaired) electrons. The number of aromatic nitrogens is 2. The zero-order valence-electron chi connectivity index (χ0n) is 12.3. The Bertz CT molecular complexity index is 610. The average molecular weight is 322 g/mol. The lowest BCUT2D eigenvalue weighted by molar-refractivity contribution is 0.305. The van der Waals surface area contributed by atoms with Crippen LogP contribution in [0.5, 0.6) is 0 Å². The van der Waals surface area contributed by atoms with Gasteiger partial charge >= 0.3 is 0 Å². The van der Waals surface area contributed by atoms with E-state index in [0.717, 1.165) is 22.2 Å². The van der Waals surface area contributed by atoms with Crippen molar-refractivity contribution in [2.75, 3.05) is 16.8 Å². The van der Waals surface area contributed by atoms with Crippen molar-refractivity contribution in [3.05, 3.63) is 41.9 Å². The average Bonchev–Trinajstić information content (AvgIpc) is 2.95. The van der Waals surface area contributed by atoms with E-state index in [1.54, 1.807) is 12.5 Å². The van der Waals surface area contributed by atoms with Crippen LogP contribution in [0.2, 0.25) is 5.02 Å². The summed E-state index contributed by atoms with van der Waals surface area (Å²) in [5.74, 6) is 2.37. The van der Waals surface area contributed by atoms with E-state index in [1.807, 2.05) is 34.7 Å². The Balaban J connectivity index is 1.94. The highest BCUT2D eigenvalue weighted by Gasteiger charge is 2.33. The zero-order valence-corrected chi connectivity index (χ0v) is 13.9. The summed E-state index contributed by atoms with van der Waals surface area (Å²) in [7, 11) is 0. The fourth-order valence-corrected chi connectivity index (χ4v) is 4.53. The number of nitrogens with zero attached hydrogens (tertiary/aromatic N) is 2. The minimum Gasteiger partial charge on any atom is -0.379 e. The monoisotopic (exact) mass is 321 g/mol. The van der Waals surface area contributed by atoms with E-state index >= 15 is 0 Å². The number of hydrogen-bond donors (Lipinski definition) is 1. The lowest BCUT2D eigenvalue weighted by Crippen LogP contribution is -2.41. The van der Waals surface area contributed by atoms with Gasteiger partial charge in [0.25, 0.3) is 0 Å². The molecular weight excluding hydrogens is 302 g/mol. The first-order valence-electron chi connectivity index (χ1n) is 7.19. The second-order valence-electron chi connectivity index (χ2n) is 6.12. The van der Waals surface area contributed by atoms with E-state index in [0.29, 0.717) is 11.5 Å². The number of anilines is 1. The van der Waals surface area contributed by atoms with Gasteiger partial charge in [-0.25, -0.2) is 4.98 Å². The normalized spacial score (nSPS) is 21.2. The first kappa shape index (κ1) is 14.8. The first-order valence-corrected chi connectivity index (χ1v) is 8.72. The molecule has 1 fully saturated rings. The molecule has 1 atom stereocenters. The molecule has 0 aliphatic carbocycles. The van der Waals surface area contributed by atoms with E-state index in [4.69, 9.17) is 11.6 Å². The number of benzene rings is 1. The van der Waals surface area contributed by atoms with Gasteiger partial charge in [0.1, 0.15) is 0 Å². The number of nitrogens with one attached hydrogen (secondary N) is 1. The molecule has 0 spiro atoms. The summed E-state index contributed by atoms with van der Waals surface area (Å²) in [6.07, 6.45) is 6.71. The maximum absolute atomic E-state index is 6.42. The zero-order chi connectivity index (χ0) is 14.9. The molecular formula is C16H20ClN3S. The molecule has 1 unspecified atom stereocenters. The summed E-state index contributed by atoms with van der Waals surface area (Å²) in [6, 6.07) is 6.45. The van der Waals surface area contributed by atoms with Crippen LogP contribution in [-0.2, 0) is 0 Å². The van der Waals surface area contributed by atoms with Gasteiger partial charge < -0.3 is 9.88 Å². The summed E-state index contributed by atoms with van der Waals surface area (Å²) >= 11 is 8.43. The number of imidazole rings is 1. The Labute approximate surface area is 135 Å². The highest BCUT2D eigenvalue weighted by molar-refractivity contribution is 7.99. The van der Waals surface area contributed by atoms with Crippen LogP contribution in [0.15, 0.2) is 36.9 Å². The van der Waals surface area contributed by atoms with Gasteiger partial charge in [0.2, 0.25) is 0 Å². The third-order valence-corrected chi connectivity index (χ3v) is 5.56. The summed E-state index contributed by atoms with van der Waals surface area (Å²) in [4.78, 5) is 4.13. The number of para-hydroxylation sites is 1. The standard InChI is InChI=1S/C16H20ClN3S/c1-16(2)6-9-21-10-14(16)19-13-5-3-4-12(17)15(13)20-8-7-18-11-20/h3-5,7-8,11,14,19H,6,9-10H2,1-2H3. The highest BCUT2D eigenvalue weighted by atomic mass is 35.5. The largest absolute Gasteiger partial charge is 0.379 e. The summed E-state index contributed by atoms with van der Waals surface area (Å²) in [5, 5.41) is 4.45. The Hall–Kier alpha value is -1.13. The van der Waals surface area contributed by atoms with E-state index in [2.05, 4.69) is 30.2 Å². The van der Waals surface area contributed by atoms with E-state index in [1.165, 1.54) is 12.2 Å². The molecule has 3 rings (SSSR count). The fraction of sp³-hybridized carbons (Fsp3) is 0.438. The van der Waals surface area contributed by atoms with Gasteiger partial charge in [0.05, 0.1) is 22.7 Å². The Morgan fingerprint density at radius 1 is 1.43 bits per heavy atom. The molecule has 1 aromatic heterocycles. The predicted molar refractivity (Wildman–Crippen MR) is 91.7 cm³/mol. The topological polar surface area (TPSA) is 29.9 Å². The van der Waals surface area contributed by atoms with Crippen LogP contribution in [0.1, 0.15) is 20.3 Å². The van der Waals surface area contributed by atoms with E-state index < -0.39 is 0 Å². The van der Waals surface area contributed by atoms with Gasteiger partial charge in [-0.05, 0) is 29.7 Å². The number of rotatable bonds is 3. The third kappa shape index (κ3) is 3.06. The highest BCUT2D eigenvalue weighted by Crippen LogP contribution is 2.38. The Kier molecular flexibility index (Phi) is 4.18. The molecule has 21 heavy (non-hydrogen) atoms. The van der Waals surface area contributed by atoms with Crippen molar-refractivity contribution in [1.82, 2.24) is 9.55 Å². The number of hydrogen-bond acceptors (Lipinski definition) is 3. The molecule has 5 heteroatoms. The van der Waals surface area contributed by atoms with Crippen LogP contribution < -0.4 is 5.32 Å². The van der Waals surface area contributed by atoms with Crippen molar-refractivity contribution in [2.24, 2.45) is 5.41 Å². The molecule has 2 heterocycles. The van der Waals surface area contributed by atoms with Crippen LogP contribution in [0.4, 0.5) is 5.69 Å². The third-order valence-electron chi connectivity index (χ3n) is 4.20. The van der Waals surface area contributed by atoms with E-state index in [9.17, 15) is 0 Å². The molecule has 1 aromatic carbocycles. The van der Waals surface area contributed by atoms with Gasteiger partial charge in [-0.2, -0.15) is 11.8 Å². The smallest absolute Gasteiger partial charge is 0.0992 e. The number of halogens is 1. The molecule has 1 aliphatic rings. The SMILES string of the molecule is CC1(C)CCSCC1Nc1cccc(Cl)c1-n1ccnc1. The Morgan fingerprint density at radius 3 is 3.00 bits per heavy atom. The van der Waals surface area contributed by atoms with Gasteiger partial charge in [-0.1, -0.05) is 31.5 Å². The lowest BCUT2D eigenvalue weighted by atomic mass is 9.82. The summed E-state index contributed by atoms with van der Waals surface area (Å²) in [6.45, 7) is 4.68. The molecule has 1 aliphatic heterocycles. The minimum atomic E-state index is 0.291. The van der Waals surface area contributed by atoms with Crippen molar-refractivity contribution in [2.45, 2.75) is 26.3 Å². The second kappa shape index (κ2) is 5.93. The molecule has 1 N–H and O–H groups in total. The Morgan fingerprint density at radius 2 is 2.29 bits per heavy atom. The summed E-state index contributed by atoms with van der Waals surface area (Å²) < 4.78 is 1.97. The van der Waals surface area contributed by atoms with Crippen LogP contribution in [-0.4, -0.2) is 27.1 Å². The molecule has 0 bridgehead atoms. The van der Waals surface area contributed by atoms with Gasteiger partial charge in [-0.15, -0.1) is 0 Å². The number of thioether (sulfide) groups is 1. The molecule has 2 aromatic rings. The summed E-state index contributed by atoms with van der Waals surface area (Å²) in [5.41, 5.74) is 2.34. The molecule has 1 saturated heterocycles. The van der Waals surface area contributed by atoms with Gasteiger partial charge in [-0.3, -0.25) is 0 Å². The van der Waals surface area contributed by atoms with Crippen LogP contribution in [0.3, 0.4) is 0 Å². The second-order valence-corrected chi connectivity index (χ2v) is 7.67. The molecule has 0 saturated carbocycles. The van der Waals surface area contributed by atoms with Crippen molar-refractivity contribution >= 4 is 29.1 Å². The van der Waals surface area contributed by atoms with E-state index in [-0.39, 0.29) is 0 Å².